The van der Waals surface area contributed by atoms with Gasteiger partial charge in [-0.15, -0.1) is 0 Å². The maximum atomic E-state index is 14.3. The Labute approximate surface area is 222 Å². The summed E-state index contributed by atoms with van der Waals surface area (Å²) in [6.07, 6.45) is 1.84. The van der Waals surface area contributed by atoms with Gasteiger partial charge < -0.3 is 23.9 Å². The van der Waals surface area contributed by atoms with Crippen LogP contribution in [0.1, 0.15) is 29.8 Å². The van der Waals surface area contributed by atoms with Crippen LogP contribution in [0, 0.1) is 11.2 Å². The SMILES string of the molecule is CN1CCN(C(=O)CC2(COc3ccccc3)CCCN(C(=O)c3ccc(-c4ccccc4F)o3)C2)CC1. The number of carbonyl (C=O) groups excluding carboxylic acids is 2. The van der Waals surface area contributed by atoms with Crippen molar-refractivity contribution in [2.24, 2.45) is 5.41 Å². The molecular formula is C30H34FN3O4. The molecule has 0 spiro atoms. The maximum Gasteiger partial charge on any atom is 0.289 e. The molecule has 2 aliphatic rings. The fourth-order valence-electron chi connectivity index (χ4n) is 5.35. The van der Waals surface area contributed by atoms with Gasteiger partial charge in [0, 0.05) is 51.1 Å². The number of para-hydroxylation sites is 1. The molecule has 7 nitrogen and oxygen atoms in total. The Bertz CT molecular complexity index is 1260. The van der Waals surface area contributed by atoms with Gasteiger partial charge in [-0.2, -0.15) is 0 Å². The third-order valence-corrected chi connectivity index (χ3v) is 7.58. The number of halogens is 1. The largest absolute Gasteiger partial charge is 0.493 e. The average molecular weight is 520 g/mol. The van der Waals surface area contributed by atoms with Crippen molar-refractivity contribution in [1.82, 2.24) is 14.7 Å². The number of likely N-dealkylation sites (N-methyl/N-ethyl adjacent to an activating group) is 1. The highest BCUT2D eigenvalue weighted by Crippen LogP contribution is 2.36. The zero-order valence-corrected chi connectivity index (χ0v) is 21.8. The van der Waals surface area contributed by atoms with Gasteiger partial charge in [-0.3, -0.25) is 9.59 Å². The van der Waals surface area contributed by atoms with Crippen LogP contribution in [0.2, 0.25) is 0 Å². The van der Waals surface area contributed by atoms with Crippen molar-refractivity contribution in [3.05, 3.63) is 78.3 Å². The summed E-state index contributed by atoms with van der Waals surface area (Å²) in [5.74, 6) is 0.648. The molecule has 0 saturated carbocycles. The van der Waals surface area contributed by atoms with Crippen molar-refractivity contribution >= 4 is 11.8 Å². The first kappa shape index (κ1) is 26.0. The summed E-state index contributed by atoms with van der Waals surface area (Å²) < 4.78 is 26.2. The van der Waals surface area contributed by atoms with Crippen LogP contribution >= 0.6 is 0 Å². The fraction of sp³-hybridized carbons (Fsp3) is 0.400. The second-order valence-electron chi connectivity index (χ2n) is 10.4. The van der Waals surface area contributed by atoms with Crippen molar-refractivity contribution in [3.63, 3.8) is 0 Å². The molecular weight excluding hydrogens is 485 g/mol. The summed E-state index contributed by atoms with van der Waals surface area (Å²) in [6, 6.07) is 19.1. The van der Waals surface area contributed by atoms with Crippen LogP contribution in [0.15, 0.2) is 71.1 Å². The molecule has 1 unspecified atom stereocenters. The number of carbonyl (C=O) groups is 2. The van der Waals surface area contributed by atoms with Crippen molar-refractivity contribution in [1.29, 1.82) is 0 Å². The van der Waals surface area contributed by atoms with Gasteiger partial charge in [0.2, 0.25) is 5.91 Å². The fourth-order valence-corrected chi connectivity index (χ4v) is 5.35. The van der Waals surface area contributed by atoms with E-state index in [1.54, 1.807) is 35.2 Å². The second kappa shape index (κ2) is 11.4. The van der Waals surface area contributed by atoms with E-state index >= 15 is 0 Å². The van der Waals surface area contributed by atoms with Gasteiger partial charge in [0.1, 0.15) is 17.3 Å². The third kappa shape index (κ3) is 5.91. The minimum absolute atomic E-state index is 0.101. The zero-order valence-electron chi connectivity index (χ0n) is 21.8. The molecule has 0 aliphatic carbocycles. The Morgan fingerprint density at radius 2 is 1.66 bits per heavy atom. The number of benzene rings is 2. The van der Waals surface area contributed by atoms with Crippen molar-refractivity contribution in [2.45, 2.75) is 19.3 Å². The van der Waals surface area contributed by atoms with Gasteiger partial charge in [-0.05, 0) is 56.3 Å². The topological polar surface area (TPSA) is 66.2 Å². The lowest BCUT2D eigenvalue weighted by molar-refractivity contribution is -0.137. The number of ether oxygens (including phenoxy) is 1. The number of piperidine rings is 1. The van der Waals surface area contributed by atoms with Gasteiger partial charge in [-0.25, -0.2) is 4.39 Å². The van der Waals surface area contributed by atoms with Crippen molar-refractivity contribution < 1.29 is 23.1 Å². The van der Waals surface area contributed by atoms with Gasteiger partial charge in [-0.1, -0.05) is 30.3 Å². The van der Waals surface area contributed by atoms with E-state index in [0.29, 0.717) is 50.5 Å². The minimum Gasteiger partial charge on any atom is -0.493 e. The minimum atomic E-state index is -0.523. The van der Waals surface area contributed by atoms with Crippen molar-refractivity contribution in [2.75, 3.05) is 52.9 Å². The number of furan rings is 1. The van der Waals surface area contributed by atoms with Crippen LogP contribution < -0.4 is 4.74 Å². The first-order valence-corrected chi connectivity index (χ1v) is 13.2. The van der Waals surface area contributed by atoms with Crippen LogP contribution in [-0.2, 0) is 4.79 Å². The van der Waals surface area contributed by atoms with Crippen LogP contribution in [0.5, 0.6) is 5.75 Å². The van der Waals surface area contributed by atoms with Gasteiger partial charge >= 0.3 is 0 Å². The van der Waals surface area contributed by atoms with Gasteiger partial charge in [0.05, 0.1) is 12.2 Å². The van der Waals surface area contributed by atoms with Gasteiger partial charge in [0.25, 0.3) is 5.91 Å². The quantitative estimate of drug-likeness (QED) is 0.458. The van der Waals surface area contributed by atoms with E-state index in [1.165, 1.54) is 6.07 Å². The number of amides is 2. The summed E-state index contributed by atoms with van der Waals surface area (Å²) >= 11 is 0. The summed E-state index contributed by atoms with van der Waals surface area (Å²) in [6.45, 7) is 4.40. The van der Waals surface area contributed by atoms with E-state index < -0.39 is 11.2 Å². The molecule has 5 rings (SSSR count). The monoisotopic (exact) mass is 519 g/mol. The molecule has 38 heavy (non-hydrogen) atoms. The number of hydrogen-bond acceptors (Lipinski definition) is 5. The van der Waals surface area contributed by atoms with Crippen LogP contribution in [0.3, 0.4) is 0 Å². The number of hydrogen-bond donors (Lipinski definition) is 0. The highest BCUT2D eigenvalue weighted by molar-refractivity contribution is 5.92. The molecule has 0 bridgehead atoms. The van der Waals surface area contributed by atoms with E-state index in [0.717, 1.165) is 31.7 Å². The smallest absolute Gasteiger partial charge is 0.289 e. The van der Waals surface area contributed by atoms with Crippen LogP contribution in [0.25, 0.3) is 11.3 Å². The summed E-state index contributed by atoms with van der Waals surface area (Å²) in [5, 5.41) is 0. The lowest BCUT2D eigenvalue weighted by atomic mass is 9.77. The van der Waals surface area contributed by atoms with Gasteiger partial charge in [0.15, 0.2) is 5.76 Å². The highest BCUT2D eigenvalue weighted by atomic mass is 19.1. The number of nitrogens with zero attached hydrogens (tertiary/aromatic N) is 3. The average Bonchev–Trinajstić information content (AvgIpc) is 3.43. The highest BCUT2D eigenvalue weighted by Gasteiger charge is 2.41. The Morgan fingerprint density at radius 1 is 0.921 bits per heavy atom. The molecule has 0 N–H and O–H groups in total. The molecule has 1 atom stereocenters. The van der Waals surface area contributed by atoms with E-state index in [4.69, 9.17) is 9.15 Å². The van der Waals surface area contributed by atoms with Crippen LogP contribution in [-0.4, -0.2) is 79.4 Å². The summed E-state index contributed by atoms with van der Waals surface area (Å²) in [4.78, 5) is 32.8. The normalized spacial score (nSPS) is 20.4. The maximum absolute atomic E-state index is 14.3. The molecule has 3 heterocycles. The molecule has 1 aromatic heterocycles. The number of piperazine rings is 1. The summed E-state index contributed by atoms with van der Waals surface area (Å²) in [7, 11) is 2.06. The first-order valence-electron chi connectivity index (χ1n) is 13.2. The molecule has 200 valence electrons. The van der Waals surface area contributed by atoms with E-state index in [1.807, 2.05) is 35.2 Å². The second-order valence-corrected chi connectivity index (χ2v) is 10.4. The van der Waals surface area contributed by atoms with E-state index in [-0.39, 0.29) is 17.6 Å². The predicted molar refractivity (Wildman–Crippen MR) is 142 cm³/mol. The Kier molecular flexibility index (Phi) is 7.79. The Morgan fingerprint density at radius 3 is 2.42 bits per heavy atom. The molecule has 2 aliphatic heterocycles. The molecule has 3 aromatic rings. The number of rotatable bonds is 7. The molecule has 8 heteroatoms. The molecule has 2 saturated heterocycles. The molecule has 2 fully saturated rings. The lowest BCUT2D eigenvalue weighted by Crippen LogP contribution is -2.53. The van der Waals surface area contributed by atoms with Crippen molar-refractivity contribution in [3.8, 4) is 17.1 Å². The molecule has 0 radical (unpaired) electrons. The van der Waals surface area contributed by atoms with E-state index in [9.17, 15) is 14.0 Å². The molecule has 2 aromatic carbocycles. The summed E-state index contributed by atoms with van der Waals surface area (Å²) in [5.41, 5.74) is -0.209. The zero-order chi connectivity index (χ0) is 26.5. The lowest BCUT2D eigenvalue weighted by Gasteiger charge is -2.43. The van der Waals surface area contributed by atoms with E-state index in [2.05, 4.69) is 11.9 Å². The molecule has 2 amide bonds. The van der Waals surface area contributed by atoms with Crippen LogP contribution in [0.4, 0.5) is 4.39 Å². The third-order valence-electron chi connectivity index (χ3n) is 7.58. The number of likely N-dealkylation sites (tertiary alicyclic amines) is 1. The Hall–Kier alpha value is -3.65. The Balaban J connectivity index is 1.34. The standard InChI is InChI=1S/C30H34FN3O4/c1-32-16-18-33(19-17-32)28(35)20-30(22-37-23-8-3-2-4-9-23)14-7-15-34(21-30)29(36)27-13-12-26(38-27)24-10-5-6-11-25(24)31/h2-6,8-13H,7,14-22H2,1H3. The predicted octanol–water partition coefficient (Wildman–Crippen LogP) is 4.55. The first-order chi connectivity index (χ1) is 18.4.